The van der Waals surface area contributed by atoms with Crippen molar-refractivity contribution in [3.05, 3.63) is 64.4 Å². The minimum absolute atomic E-state index is 0.0829. The van der Waals surface area contributed by atoms with Gasteiger partial charge < -0.3 is 10.1 Å². The molecule has 26 heavy (non-hydrogen) atoms. The molecule has 0 aliphatic carbocycles. The first-order chi connectivity index (χ1) is 12.7. The van der Waals surface area contributed by atoms with Crippen molar-refractivity contribution in [2.24, 2.45) is 0 Å². The molecule has 4 nitrogen and oxygen atoms in total. The number of ether oxygens (including phenoxy) is 1. The Balaban J connectivity index is 2.11. The van der Waals surface area contributed by atoms with Crippen LogP contribution in [0, 0.1) is 28.5 Å². The Hall–Kier alpha value is -2.60. The highest BCUT2D eigenvalue weighted by Gasteiger charge is 2.17. The summed E-state index contributed by atoms with van der Waals surface area (Å²) >= 11 is 5.84. The van der Waals surface area contributed by atoms with Crippen molar-refractivity contribution in [1.82, 2.24) is 5.32 Å². The first kappa shape index (κ1) is 19.7. The van der Waals surface area contributed by atoms with Crippen molar-refractivity contribution < 1.29 is 9.13 Å². The van der Waals surface area contributed by atoms with Crippen molar-refractivity contribution in [3.63, 3.8) is 0 Å². The fraction of sp³-hybridized carbons (Fsp3) is 0.300. The van der Waals surface area contributed by atoms with Crippen molar-refractivity contribution in [2.45, 2.75) is 25.4 Å². The van der Waals surface area contributed by atoms with E-state index in [4.69, 9.17) is 21.6 Å². The van der Waals surface area contributed by atoms with Crippen LogP contribution in [0.5, 0.6) is 5.75 Å². The van der Waals surface area contributed by atoms with E-state index < -0.39 is 5.82 Å². The van der Waals surface area contributed by atoms with Crippen LogP contribution in [0.15, 0.2) is 42.5 Å². The highest BCUT2D eigenvalue weighted by atomic mass is 35.5. The minimum atomic E-state index is -0.647. The van der Waals surface area contributed by atoms with Crippen LogP contribution >= 0.6 is 11.6 Å². The Morgan fingerprint density at radius 2 is 1.92 bits per heavy atom. The summed E-state index contributed by atoms with van der Waals surface area (Å²) in [6.45, 7) is 1.43. The third-order valence-electron chi connectivity index (χ3n) is 3.81. The van der Waals surface area contributed by atoms with Gasteiger partial charge in [0.1, 0.15) is 23.7 Å². The van der Waals surface area contributed by atoms with Crippen molar-refractivity contribution in [1.29, 1.82) is 10.5 Å². The monoisotopic (exact) mass is 371 g/mol. The summed E-state index contributed by atoms with van der Waals surface area (Å²) in [6, 6.07) is 16.1. The summed E-state index contributed by atoms with van der Waals surface area (Å²) in [5.41, 5.74) is 1.06. The van der Waals surface area contributed by atoms with Gasteiger partial charge in [0.2, 0.25) is 0 Å². The molecule has 6 heteroatoms. The lowest BCUT2D eigenvalue weighted by Crippen LogP contribution is -2.21. The second kappa shape index (κ2) is 10.4. The summed E-state index contributed by atoms with van der Waals surface area (Å²) < 4.78 is 19.6. The first-order valence-corrected chi connectivity index (χ1v) is 8.72. The van der Waals surface area contributed by atoms with E-state index in [2.05, 4.69) is 11.4 Å². The van der Waals surface area contributed by atoms with Gasteiger partial charge in [0.15, 0.2) is 0 Å². The predicted octanol–water partition coefficient (Wildman–Crippen LogP) is 4.75. The summed E-state index contributed by atoms with van der Waals surface area (Å²) in [4.78, 5) is 0. The molecule has 2 rings (SSSR count). The van der Waals surface area contributed by atoms with Crippen LogP contribution in [0.4, 0.5) is 4.39 Å². The number of nitrogens with zero attached hydrogens (tertiary/aromatic N) is 2. The van der Waals surface area contributed by atoms with E-state index in [1.807, 2.05) is 36.4 Å². The molecule has 2 aromatic rings. The standard InChI is InChI=1S/C20H19ClFN3O/c21-17-13-20(16(14-24)12-18(17)22)26-19(15-6-2-1-3-7-15)8-11-25-10-5-4-9-23/h1-3,6-7,12-13,19,25H,4-5,8,10-11H2/t19-/m1/s1. The average Bonchev–Trinajstić information content (AvgIpc) is 2.66. The summed E-state index contributed by atoms with van der Waals surface area (Å²) in [5.74, 6) is -0.386. The van der Waals surface area contributed by atoms with E-state index in [0.717, 1.165) is 24.6 Å². The number of hydrogen-bond acceptors (Lipinski definition) is 4. The highest BCUT2D eigenvalue weighted by molar-refractivity contribution is 6.30. The molecule has 0 heterocycles. The van der Waals surface area contributed by atoms with Gasteiger partial charge in [0.25, 0.3) is 0 Å². The third-order valence-corrected chi connectivity index (χ3v) is 4.10. The number of nitriles is 2. The van der Waals surface area contributed by atoms with Crippen LogP contribution in [0.25, 0.3) is 0 Å². The molecule has 0 aliphatic rings. The maximum absolute atomic E-state index is 13.6. The van der Waals surface area contributed by atoms with E-state index in [0.29, 0.717) is 19.4 Å². The van der Waals surface area contributed by atoms with Gasteiger partial charge in [-0.2, -0.15) is 10.5 Å². The van der Waals surface area contributed by atoms with Crippen LogP contribution in [-0.2, 0) is 0 Å². The van der Waals surface area contributed by atoms with Gasteiger partial charge in [-0.1, -0.05) is 41.9 Å². The Morgan fingerprint density at radius 3 is 2.62 bits per heavy atom. The molecule has 0 amide bonds. The van der Waals surface area contributed by atoms with E-state index in [1.54, 1.807) is 0 Å². The van der Waals surface area contributed by atoms with Gasteiger partial charge in [-0.25, -0.2) is 4.39 Å². The maximum Gasteiger partial charge on any atom is 0.143 e. The van der Waals surface area contributed by atoms with Gasteiger partial charge in [-0.3, -0.25) is 0 Å². The number of rotatable bonds is 9. The summed E-state index contributed by atoms with van der Waals surface area (Å²) in [6.07, 6.45) is 1.65. The lowest BCUT2D eigenvalue weighted by molar-refractivity contribution is 0.193. The molecule has 0 aliphatic heterocycles. The second-order valence-electron chi connectivity index (χ2n) is 5.69. The molecule has 0 saturated carbocycles. The zero-order valence-electron chi connectivity index (χ0n) is 14.2. The zero-order valence-corrected chi connectivity index (χ0v) is 15.0. The third kappa shape index (κ3) is 5.74. The Bertz CT molecular complexity index is 799. The Morgan fingerprint density at radius 1 is 1.15 bits per heavy atom. The predicted molar refractivity (Wildman–Crippen MR) is 98.3 cm³/mol. The maximum atomic E-state index is 13.6. The minimum Gasteiger partial charge on any atom is -0.484 e. The lowest BCUT2D eigenvalue weighted by Gasteiger charge is -2.21. The van der Waals surface area contributed by atoms with E-state index in [-0.39, 0.29) is 22.4 Å². The SMILES string of the molecule is N#CCCCNCC[C@@H](Oc1cc(Cl)c(F)cc1C#N)c1ccccc1. The summed E-state index contributed by atoms with van der Waals surface area (Å²) in [5, 5.41) is 21.0. The number of halogens is 2. The normalized spacial score (nSPS) is 11.4. The lowest BCUT2D eigenvalue weighted by atomic mass is 10.1. The quantitative estimate of drug-likeness (QED) is 0.645. The highest BCUT2D eigenvalue weighted by Crippen LogP contribution is 2.31. The van der Waals surface area contributed by atoms with Gasteiger partial charge in [0, 0.05) is 18.9 Å². The fourth-order valence-corrected chi connectivity index (χ4v) is 2.63. The topological polar surface area (TPSA) is 68.8 Å². The molecular weight excluding hydrogens is 353 g/mol. The van der Waals surface area contributed by atoms with Crippen molar-refractivity contribution in [2.75, 3.05) is 13.1 Å². The second-order valence-corrected chi connectivity index (χ2v) is 6.10. The molecule has 134 valence electrons. The van der Waals surface area contributed by atoms with Crippen LogP contribution in [0.2, 0.25) is 5.02 Å². The number of benzene rings is 2. The largest absolute Gasteiger partial charge is 0.484 e. The number of hydrogen-bond donors (Lipinski definition) is 1. The molecule has 0 aromatic heterocycles. The fourth-order valence-electron chi connectivity index (χ4n) is 2.48. The first-order valence-electron chi connectivity index (χ1n) is 8.34. The van der Waals surface area contributed by atoms with Crippen molar-refractivity contribution in [3.8, 4) is 17.9 Å². The molecule has 1 N–H and O–H groups in total. The van der Waals surface area contributed by atoms with E-state index in [9.17, 15) is 9.65 Å². The van der Waals surface area contributed by atoms with Crippen LogP contribution in [-0.4, -0.2) is 13.1 Å². The molecule has 0 bridgehead atoms. The molecule has 0 spiro atoms. The molecule has 0 unspecified atom stereocenters. The molecule has 0 radical (unpaired) electrons. The Labute approximate surface area is 157 Å². The Kier molecular flexibility index (Phi) is 7.89. The van der Waals surface area contributed by atoms with Gasteiger partial charge in [-0.05, 0) is 31.1 Å². The van der Waals surface area contributed by atoms with E-state index in [1.165, 1.54) is 6.07 Å². The molecule has 1 atom stereocenters. The van der Waals surface area contributed by atoms with Crippen LogP contribution in [0.3, 0.4) is 0 Å². The van der Waals surface area contributed by atoms with Gasteiger partial charge in [-0.15, -0.1) is 0 Å². The zero-order chi connectivity index (χ0) is 18.8. The van der Waals surface area contributed by atoms with Gasteiger partial charge >= 0.3 is 0 Å². The smallest absolute Gasteiger partial charge is 0.143 e. The number of unbranched alkanes of at least 4 members (excludes halogenated alkanes) is 1. The molecule has 0 fully saturated rings. The van der Waals surface area contributed by atoms with Crippen LogP contribution < -0.4 is 10.1 Å². The van der Waals surface area contributed by atoms with Gasteiger partial charge in [0.05, 0.1) is 16.7 Å². The average molecular weight is 372 g/mol. The molecule has 0 saturated heterocycles. The summed E-state index contributed by atoms with van der Waals surface area (Å²) in [7, 11) is 0. The molecular formula is C20H19ClFN3O. The van der Waals surface area contributed by atoms with Crippen molar-refractivity contribution >= 4 is 11.6 Å². The molecule has 2 aromatic carbocycles. The number of nitrogens with one attached hydrogen (secondary N) is 1. The van der Waals surface area contributed by atoms with Crippen LogP contribution in [0.1, 0.15) is 36.5 Å². The van der Waals surface area contributed by atoms with E-state index >= 15 is 0 Å².